The molecule has 2 N–H and O–H groups in total. The number of ether oxygens (including phenoxy) is 1. The van der Waals surface area contributed by atoms with Crippen molar-refractivity contribution in [3.8, 4) is 17.2 Å². The average molecular weight is 892 g/mol. The molecule has 0 radical (unpaired) electrons. The summed E-state index contributed by atoms with van der Waals surface area (Å²) in [6, 6.07) is 13.5. The summed E-state index contributed by atoms with van der Waals surface area (Å²) in [6.07, 6.45) is 5.52. The van der Waals surface area contributed by atoms with Crippen molar-refractivity contribution in [2.45, 2.75) is 76.6 Å². The van der Waals surface area contributed by atoms with Gasteiger partial charge in [0.1, 0.15) is 22.9 Å². The number of aromatic amines is 1. The molecule has 16 nitrogen and oxygen atoms in total. The smallest absolute Gasteiger partial charge is 0.381 e. The number of aryl methyl sites for hydroxylation is 2. The van der Waals surface area contributed by atoms with E-state index in [9.17, 15) is 18.0 Å². The Bertz CT molecular complexity index is 3330. The number of sulfonamides is 1. The topological polar surface area (TPSA) is 184 Å². The van der Waals surface area contributed by atoms with E-state index in [4.69, 9.17) is 14.4 Å². The molecule has 7 aromatic rings. The average Bonchev–Trinajstić information content (AvgIpc) is 3.88. The van der Waals surface area contributed by atoms with Crippen LogP contribution in [-0.2, 0) is 32.5 Å². The Hall–Kier alpha value is -6.60. The summed E-state index contributed by atoms with van der Waals surface area (Å²) >= 11 is 0. The number of hydrogen-bond acceptors (Lipinski definition) is 9. The lowest BCUT2D eigenvalue weighted by Gasteiger charge is -2.34. The van der Waals surface area contributed by atoms with Gasteiger partial charge in [0.15, 0.2) is 11.6 Å². The maximum Gasteiger partial charge on any atom is 0.438 e. The molecular weight excluding hydrogens is 849 g/mol. The van der Waals surface area contributed by atoms with Crippen molar-refractivity contribution in [2.75, 3.05) is 24.5 Å². The number of benzene rings is 3. The van der Waals surface area contributed by atoms with Crippen LogP contribution in [0, 0.1) is 31.4 Å². The molecule has 0 unspecified atom stereocenters. The van der Waals surface area contributed by atoms with Crippen molar-refractivity contribution in [3.63, 3.8) is 0 Å². The van der Waals surface area contributed by atoms with Crippen molar-refractivity contribution in [1.82, 2.24) is 38.5 Å². The number of halogens is 2. The van der Waals surface area contributed by atoms with Crippen LogP contribution in [0.5, 0.6) is 0 Å². The number of fused-ring (bicyclic) bond motifs is 3. The van der Waals surface area contributed by atoms with E-state index in [1.165, 1.54) is 29.1 Å². The van der Waals surface area contributed by atoms with Crippen molar-refractivity contribution in [1.29, 1.82) is 0 Å². The highest BCUT2D eigenvalue weighted by atomic mass is 32.2. The number of nitrogens with one attached hydrogen (secondary N) is 2. The SMILES string of the molecule is Cc1cc(-n2nc3c(c2-n2ccn(-c4ccc5c(c4F)CS(=O)(=O)N5)c2=O)[C@H](C)N(C(=O)c2cc4cc(C5CCOCC5)ccc4n2[C@@]2(c4noc(=O)[nH]4)C[C@@H]2C)CC3)cc(C)c1F. The third-order valence-electron chi connectivity index (χ3n) is 13.7. The van der Waals surface area contributed by atoms with Crippen LogP contribution >= 0.6 is 0 Å². The first-order valence-electron chi connectivity index (χ1n) is 21.3. The summed E-state index contributed by atoms with van der Waals surface area (Å²) in [4.78, 5) is 46.9. The van der Waals surface area contributed by atoms with Crippen molar-refractivity contribution in [3.05, 3.63) is 139 Å². The molecule has 3 aliphatic heterocycles. The van der Waals surface area contributed by atoms with Crippen LogP contribution in [0.4, 0.5) is 14.5 Å². The van der Waals surface area contributed by atoms with Gasteiger partial charge in [-0.2, -0.15) is 5.10 Å². The quantitative estimate of drug-likeness (QED) is 0.193. The van der Waals surface area contributed by atoms with Crippen LogP contribution in [0.15, 0.2) is 75.0 Å². The van der Waals surface area contributed by atoms with Gasteiger partial charge in [-0.25, -0.2) is 31.5 Å². The van der Waals surface area contributed by atoms with Gasteiger partial charge in [-0.15, -0.1) is 0 Å². The third-order valence-corrected chi connectivity index (χ3v) is 14.9. The lowest BCUT2D eigenvalue weighted by atomic mass is 9.91. The second-order valence-electron chi connectivity index (χ2n) is 17.6. The number of rotatable bonds is 7. The number of aromatic nitrogens is 7. The molecule has 1 saturated carbocycles. The van der Waals surface area contributed by atoms with Crippen LogP contribution in [0.1, 0.15) is 94.9 Å². The molecule has 330 valence electrons. The zero-order valence-corrected chi connectivity index (χ0v) is 36.1. The monoisotopic (exact) mass is 891 g/mol. The van der Waals surface area contributed by atoms with E-state index in [1.807, 2.05) is 30.5 Å². The van der Waals surface area contributed by atoms with Gasteiger partial charge in [0.05, 0.1) is 34.6 Å². The van der Waals surface area contributed by atoms with Crippen LogP contribution in [-0.4, -0.2) is 72.6 Å². The van der Waals surface area contributed by atoms with E-state index in [1.54, 1.807) is 35.6 Å². The largest absolute Gasteiger partial charge is 0.438 e. The molecule has 11 rings (SSSR count). The third kappa shape index (κ3) is 5.99. The lowest BCUT2D eigenvalue weighted by molar-refractivity contribution is 0.0663. The highest BCUT2D eigenvalue weighted by Crippen LogP contribution is 2.56. The van der Waals surface area contributed by atoms with E-state index < -0.39 is 44.6 Å². The predicted octanol–water partition coefficient (Wildman–Crippen LogP) is 6.03. The number of anilines is 1. The summed E-state index contributed by atoms with van der Waals surface area (Å²) in [5.41, 5.74) is 3.01. The standard InChI is InChI=1S/C45H43F2N9O7S/c1-23-17-30(18-24(2)38(23)46)56-40(54-14-13-53(44(54)59)35-8-6-32-31(39(35)47)22-64(60,61)51-32)37-26(4)52(12-9-33(37)49-56)41(57)36-20-29-19-28(27-10-15-62-16-11-27)5-7-34(29)55(36)45(21-25(45)3)42-48-43(58)63-50-42/h5-8,13-14,17-20,25-27,51H,9-12,15-16,21-22H2,1-4H3,(H,48,50,58)/t25-,26-,45-/m0/s1. The Morgan fingerprint density at radius 2 is 1.69 bits per heavy atom. The zero-order valence-electron chi connectivity index (χ0n) is 35.3. The predicted molar refractivity (Wildman–Crippen MR) is 230 cm³/mol. The Morgan fingerprint density at radius 3 is 2.39 bits per heavy atom. The van der Waals surface area contributed by atoms with Gasteiger partial charge in [0.25, 0.3) is 5.91 Å². The Morgan fingerprint density at radius 1 is 0.953 bits per heavy atom. The minimum absolute atomic E-state index is 0.0181. The number of hydrogen-bond donors (Lipinski definition) is 2. The number of amides is 1. The van der Waals surface area contributed by atoms with Gasteiger partial charge in [-0.3, -0.25) is 28.2 Å². The fourth-order valence-corrected chi connectivity index (χ4v) is 11.6. The van der Waals surface area contributed by atoms with Crippen molar-refractivity contribution in [2.24, 2.45) is 5.92 Å². The van der Waals surface area contributed by atoms with Crippen LogP contribution in [0.3, 0.4) is 0 Å². The maximum atomic E-state index is 16.1. The molecule has 1 saturated heterocycles. The van der Waals surface area contributed by atoms with E-state index >= 15 is 13.6 Å². The van der Waals surface area contributed by atoms with Crippen LogP contribution in [0.25, 0.3) is 28.1 Å². The van der Waals surface area contributed by atoms with Crippen LogP contribution in [0.2, 0.25) is 0 Å². The number of carbonyl (C=O) groups excluding carboxylic acids is 1. The van der Waals surface area contributed by atoms with Gasteiger partial charge in [0, 0.05) is 60.6 Å². The van der Waals surface area contributed by atoms with Gasteiger partial charge in [0.2, 0.25) is 10.0 Å². The maximum absolute atomic E-state index is 16.1. The van der Waals surface area contributed by atoms with E-state index in [2.05, 4.69) is 27.0 Å². The summed E-state index contributed by atoms with van der Waals surface area (Å²) in [5, 5.41) is 10.0. The fourth-order valence-electron chi connectivity index (χ4n) is 10.4. The molecule has 64 heavy (non-hydrogen) atoms. The highest BCUT2D eigenvalue weighted by Gasteiger charge is 2.59. The first kappa shape index (κ1) is 40.2. The summed E-state index contributed by atoms with van der Waals surface area (Å²) in [5.74, 6) is -1.92. The number of carbonyl (C=O) groups is 1. The van der Waals surface area contributed by atoms with Crippen molar-refractivity contribution < 1.29 is 31.3 Å². The number of imidazole rings is 1. The molecular formula is C45H43F2N9O7S. The number of nitrogens with zero attached hydrogens (tertiary/aromatic N) is 7. The lowest BCUT2D eigenvalue weighted by Crippen LogP contribution is -2.41. The molecule has 1 amide bonds. The minimum atomic E-state index is -3.78. The minimum Gasteiger partial charge on any atom is -0.381 e. The number of H-pyrrole nitrogens is 1. The zero-order chi connectivity index (χ0) is 44.6. The molecule has 1 aliphatic carbocycles. The molecule has 19 heteroatoms. The van der Waals surface area contributed by atoms with Crippen LogP contribution < -0.4 is 16.2 Å². The second kappa shape index (κ2) is 14.2. The molecule has 2 fully saturated rings. The first-order chi connectivity index (χ1) is 30.6. The summed E-state index contributed by atoms with van der Waals surface area (Å²) in [6.45, 7) is 8.79. The molecule has 4 aliphatic rings. The van der Waals surface area contributed by atoms with E-state index in [-0.39, 0.29) is 46.9 Å². The van der Waals surface area contributed by atoms with Gasteiger partial charge >= 0.3 is 11.4 Å². The fraction of sp³-hybridized carbons (Fsp3) is 0.356. The van der Waals surface area contributed by atoms with Gasteiger partial charge < -0.3 is 14.2 Å². The molecule has 0 bridgehead atoms. The Labute approximate surface area is 364 Å². The normalized spacial score (nSPS) is 21.6. The summed E-state index contributed by atoms with van der Waals surface area (Å²) < 4.78 is 74.8. The summed E-state index contributed by atoms with van der Waals surface area (Å²) in [7, 11) is -3.78. The Balaban J connectivity index is 1.06. The molecule has 3 atom stereocenters. The molecule has 0 spiro atoms. The highest BCUT2D eigenvalue weighted by molar-refractivity contribution is 7.92. The van der Waals surface area contributed by atoms with E-state index in [0.717, 1.165) is 33.9 Å². The first-order valence-corrected chi connectivity index (χ1v) is 22.9. The van der Waals surface area contributed by atoms with Gasteiger partial charge in [-0.1, -0.05) is 18.1 Å². The second-order valence-corrected chi connectivity index (χ2v) is 19.3. The van der Waals surface area contributed by atoms with Crippen molar-refractivity contribution >= 4 is 32.5 Å². The molecule has 3 aromatic carbocycles. The molecule has 4 aromatic heterocycles. The van der Waals surface area contributed by atoms with E-state index in [0.29, 0.717) is 71.6 Å². The Kier molecular flexibility index (Phi) is 8.92. The molecule has 7 heterocycles. The van der Waals surface area contributed by atoms with Gasteiger partial charge in [-0.05, 0) is 111 Å².